The number of nitrogens with two attached hydrogens (primary N) is 1. The fourth-order valence-corrected chi connectivity index (χ4v) is 1.80. The fraction of sp³-hybridized carbons (Fsp3) is 0.538. The molecule has 0 saturated heterocycles. The Morgan fingerprint density at radius 1 is 1.31 bits per heavy atom. The molecule has 1 fully saturated rings. The lowest BCUT2D eigenvalue weighted by atomic mass is 10.1. The molecule has 0 spiro atoms. The summed E-state index contributed by atoms with van der Waals surface area (Å²) in [6, 6.07) is 7.54. The van der Waals surface area contributed by atoms with Crippen LogP contribution in [-0.2, 0) is 0 Å². The molecule has 1 atom stereocenters. The van der Waals surface area contributed by atoms with Crippen LogP contribution in [0, 0.1) is 5.92 Å². The average molecular weight is 240 g/mol. The van der Waals surface area contributed by atoms with Crippen LogP contribution in [-0.4, -0.2) is 12.6 Å². The van der Waals surface area contributed by atoms with E-state index < -0.39 is 0 Å². The van der Waals surface area contributed by atoms with E-state index in [4.69, 9.17) is 22.1 Å². The van der Waals surface area contributed by atoms with Crippen LogP contribution in [0.25, 0.3) is 0 Å². The van der Waals surface area contributed by atoms with Crippen molar-refractivity contribution >= 4 is 11.6 Å². The highest BCUT2D eigenvalue weighted by atomic mass is 35.5. The minimum atomic E-state index is 0.149. The summed E-state index contributed by atoms with van der Waals surface area (Å²) >= 11 is 5.79. The van der Waals surface area contributed by atoms with Gasteiger partial charge in [0.05, 0.1) is 0 Å². The van der Waals surface area contributed by atoms with Crippen molar-refractivity contribution in [1.82, 2.24) is 0 Å². The third kappa shape index (κ3) is 4.03. The number of hydrogen-bond donors (Lipinski definition) is 1. The van der Waals surface area contributed by atoms with Crippen LogP contribution >= 0.6 is 11.6 Å². The lowest BCUT2D eigenvalue weighted by molar-refractivity contribution is 0.278. The number of hydrogen-bond acceptors (Lipinski definition) is 2. The van der Waals surface area contributed by atoms with Gasteiger partial charge >= 0.3 is 0 Å². The third-order valence-electron chi connectivity index (χ3n) is 2.92. The van der Waals surface area contributed by atoms with Gasteiger partial charge in [-0.2, -0.15) is 0 Å². The maximum atomic E-state index is 5.98. The zero-order valence-corrected chi connectivity index (χ0v) is 10.1. The summed E-state index contributed by atoms with van der Waals surface area (Å²) in [6.07, 6.45) is 5.11. The molecule has 2 nitrogen and oxygen atoms in total. The van der Waals surface area contributed by atoms with Gasteiger partial charge in [0.1, 0.15) is 12.4 Å². The minimum Gasteiger partial charge on any atom is -0.492 e. The summed E-state index contributed by atoms with van der Waals surface area (Å²) in [5, 5.41) is 0.727. The van der Waals surface area contributed by atoms with Gasteiger partial charge in [-0.25, -0.2) is 0 Å². The SMILES string of the molecule is NC(CCC1CC1)COc1ccc(Cl)cc1. The quantitative estimate of drug-likeness (QED) is 0.827. The molecule has 88 valence electrons. The second kappa shape index (κ2) is 5.55. The highest BCUT2D eigenvalue weighted by molar-refractivity contribution is 6.30. The van der Waals surface area contributed by atoms with Gasteiger partial charge in [-0.1, -0.05) is 24.4 Å². The molecule has 0 amide bonds. The zero-order chi connectivity index (χ0) is 11.4. The second-order valence-corrected chi connectivity index (χ2v) is 4.98. The van der Waals surface area contributed by atoms with Crippen LogP contribution in [0.3, 0.4) is 0 Å². The van der Waals surface area contributed by atoms with Crippen molar-refractivity contribution in [2.75, 3.05) is 6.61 Å². The summed E-state index contributed by atoms with van der Waals surface area (Å²) < 4.78 is 5.59. The Bertz CT molecular complexity index is 321. The summed E-state index contributed by atoms with van der Waals surface area (Å²) in [5.74, 6) is 1.79. The smallest absolute Gasteiger partial charge is 0.119 e. The van der Waals surface area contributed by atoms with E-state index in [0.717, 1.165) is 23.1 Å². The number of benzene rings is 1. The molecule has 2 rings (SSSR count). The molecule has 1 aromatic carbocycles. The van der Waals surface area contributed by atoms with Gasteiger partial charge in [-0.05, 0) is 43.0 Å². The van der Waals surface area contributed by atoms with Crippen molar-refractivity contribution in [1.29, 1.82) is 0 Å². The molecule has 2 N–H and O–H groups in total. The Hall–Kier alpha value is -0.730. The molecule has 1 saturated carbocycles. The molecule has 0 heterocycles. The zero-order valence-electron chi connectivity index (χ0n) is 9.36. The molecular formula is C13H18ClNO. The first-order valence-electron chi connectivity index (χ1n) is 5.88. The van der Waals surface area contributed by atoms with Gasteiger partial charge in [-0.3, -0.25) is 0 Å². The van der Waals surface area contributed by atoms with E-state index in [2.05, 4.69) is 0 Å². The highest BCUT2D eigenvalue weighted by Crippen LogP contribution is 2.33. The van der Waals surface area contributed by atoms with Gasteiger partial charge in [-0.15, -0.1) is 0 Å². The van der Waals surface area contributed by atoms with Crippen molar-refractivity contribution in [2.24, 2.45) is 11.7 Å². The maximum Gasteiger partial charge on any atom is 0.119 e. The van der Waals surface area contributed by atoms with Crippen LogP contribution in [0.1, 0.15) is 25.7 Å². The van der Waals surface area contributed by atoms with Crippen molar-refractivity contribution < 1.29 is 4.74 Å². The molecule has 0 aliphatic heterocycles. The molecule has 3 heteroatoms. The number of halogens is 1. The minimum absolute atomic E-state index is 0.149. The molecule has 1 unspecified atom stereocenters. The summed E-state index contributed by atoms with van der Waals surface area (Å²) in [7, 11) is 0. The van der Waals surface area contributed by atoms with Crippen LogP contribution < -0.4 is 10.5 Å². The number of ether oxygens (including phenoxy) is 1. The van der Waals surface area contributed by atoms with Crippen LogP contribution in [0.4, 0.5) is 0 Å². The van der Waals surface area contributed by atoms with Gasteiger partial charge in [0, 0.05) is 11.1 Å². The lowest BCUT2D eigenvalue weighted by Crippen LogP contribution is -2.27. The Balaban J connectivity index is 1.67. The van der Waals surface area contributed by atoms with Crippen molar-refractivity contribution in [2.45, 2.75) is 31.7 Å². The monoisotopic (exact) mass is 239 g/mol. The molecule has 0 aromatic heterocycles. The molecule has 16 heavy (non-hydrogen) atoms. The Morgan fingerprint density at radius 2 is 2.00 bits per heavy atom. The van der Waals surface area contributed by atoms with Crippen molar-refractivity contribution in [3.63, 3.8) is 0 Å². The first kappa shape index (κ1) is 11.7. The van der Waals surface area contributed by atoms with Crippen molar-refractivity contribution in [3.05, 3.63) is 29.3 Å². The van der Waals surface area contributed by atoms with E-state index in [1.165, 1.54) is 19.3 Å². The molecule has 1 aromatic rings. The van der Waals surface area contributed by atoms with Gasteiger partial charge in [0.25, 0.3) is 0 Å². The normalized spacial score (nSPS) is 17.1. The van der Waals surface area contributed by atoms with E-state index in [9.17, 15) is 0 Å². The third-order valence-corrected chi connectivity index (χ3v) is 3.17. The van der Waals surface area contributed by atoms with Gasteiger partial charge < -0.3 is 10.5 Å². The maximum absolute atomic E-state index is 5.98. The second-order valence-electron chi connectivity index (χ2n) is 4.55. The average Bonchev–Trinajstić information content (AvgIpc) is 3.09. The van der Waals surface area contributed by atoms with Gasteiger partial charge in [0.15, 0.2) is 0 Å². The Kier molecular flexibility index (Phi) is 4.08. The van der Waals surface area contributed by atoms with Gasteiger partial charge in [0.2, 0.25) is 0 Å². The molecule has 0 radical (unpaired) electrons. The molecule has 1 aliphatic carbocycles. The van der Waals surface area contributed by atoms with E-state index in [0.29, 0.717) is 6.61 Å². The van der Waals surface area contributed by atoms with Crippen LogP contribution in [0.15, 0.2) is 24.3 Å². The first-order valence-corrected chi connectivity index (χ1v) is 6.26. The summed E-state index contributed by atoms with van der Waals surface area (Å²) in [6.45, 7) is 0.592. The van der Waals surface area contributed by atoms with E-state index >= 15 is 0 Å². The molecule has 0 bridgehead atoms. The predicted molar refractivity (Wildman–Crippen MR) is 66.9 cm³/mol. The van der Waals surface area contributed by atoms with Crippen molar-refractivity contribution in [3.8, 4) is 5.75 Å². The number of rotatable bonds is 6. The largest absolute Gasteiger partial charge is 0.492 e. The van der Waals surface area contributed by atoms with Crippen LogP contribution in [0.2, 0.25) is 5.02 Å². The first-order chi connectivity index (χ1) is 7.74. The predicted octanol–water partition coefficient (Wildman–Crippen LogP) is 3.24. The molecule has 1 aliphatic rings. The van der Waals surface area contributed by atoms with E-state index in [-0.39, 0.29) is 6.04 Å². The van der Waals surface area contributed by atoms with E-state index in [1.807, 2.05) is 24.3 Å². The Labute approximate surface area is 102 Å². The Morgan fingerprint density at radius 3 is 2.62 bits per heavy atom. The topological polar surface area (TPSA) is 35.2 Å². The fourth-order valence-electron chi connectivity index (χ4n) is 1.67. The summed E-state index contributed by atoms with van der Waals surface area (Å²) in [4.78, 5) is 0. The van der Waals surface area contributed by atoms with E-state index in [1.54, 1.807) is 0 Å². The lowest BCUT2D eigenvalue weighted by Gasteiger charge is -2.12. The standard InChI is InChI=1S/C13H18ClNO/c14-11-4-7-13(8-5-11)16-9-12(15)6-3-10-1-2-10/h4-5,7-8,10,12H,1-3,6,9,15H2. The van der Waals surface area contributed by atoms with Crippen LogP contribution in [0.5, 0.6) is 5.75 Å². The molecular weight excluding hydrogens is 222 g/mol. The highest BCUT2D eigenvalue weighted by Gasteiger charge is 2.21. The summed E-state index contributed by atoms with van der Waals surface area (Å²) in [5.41, 5.74) is 5.98.